The Kier molecular flexibility index (Phi) is 3.04. The fraction of sp³-hybridized carbons (Fsp3) is 0.429. The molecule has 6 nitrogen and oxygen atoms in total. The third kappa shape index (κ3) is 2.00. The Hall–Kier alpha value is -1.18. The fourth-order valence-electron chi connectivity index (χ4n) is 1.00. The van der Waals surface area contributed by atoms with Gasteiger partial charge in [0.15, 0.2) is 11.2 Å². The quantitative estimate of drug-likeness (QED) is 0.512. The van der Waals surface area contributed by atoms with Crippen LogP contribution in [0.25, 0.3) is 0 Å². The molecular formula is C7H11N3O3S. The first-order valence-corrected chi connectivity index (χ1v) is 4.63. The number of anilines is 1. The third-order valence-electron chi connectivity index (χ3n) is 1.71. The number of aromatic nitrogens is 1. The Labute approximate surface area is 84.2 Å². The zero-order valence-corrected chi connectivity index (χ0v) is 8.28. The topological polar surface area (TPSA) is 122 Å². The minimum Gasteiger partial charge on any atom is -0.384 e. The molecule has 1 amide bonds. The number of nitrogens with two attached hydrogens (primary N) is 2. The van der Waals surface area contributed by atoms with Gasteiger partial charge in [0.1, 0.15) is 6.10 Å². The molecule has 0 aromatic carbocycles. The highest BCUT2D eigenvalue weighted by molar-refractivity contribution is 7.15. The van der Waals surface area contributed by atoms with Crippen LogP contribution in [0.5, 0.6) is 0 Å². The molecule has 6 N–H and O–H groups in total. The second-order valence-electron chi connectivity index (χ2n) is 2.79. The summed E-state index contributed by atoms with van der Waals surface area (Å²) in [4.78, 5) is 14.8. The van der Waals surface area contributed by atoms with Crippen molar-refractivity contribution in [3.63, 3.8) is 0 Å². The number of aliphatic hydroxyl groups excluding tert-OH is 2. The SMILES string of the molecule is Cc1nc(N)sc1C(O)C(O)C(N)=O. The molecule has 0 bridgehead atoms. The average molecular weight is 217 g/mol. The molecule has 1 rings (SSSR count). The Morgan fingerprint density at radius 3 is 2.50 bits per heavy atom. The summed E-state index contributed by atoms with van der Waals surface area (Å²) in [6, 6.07) is 0. The highest BCUT2D eigenvalue weighted by atomic mass is 32.1. The second-order valence-corrected chi connectivity index (χ2v) is 3.86. The highest BCUT2D eigenvalue weighted by Gasteiger charge is 2.26. The van der Waals surface area contributed by atoms with E-state index in [2.05, 4.69) is 4.98 Å². The van der Waals surface area contributed by atoms with Crippen LogP contribution in [0, 0.1) is 6.92 Å². The van der Waals surface area contributed by atoms with E-state index >= 15 is 0 Å². The summed E-state index contributed by atoms with van der Waals surface area (Å²) in [5.41, 5.74) is 10.7. The lowest BCUT2D eigenvalue weighted by Crippen LogP contribution is -2.33. The van der Waals surface area contributed by atoms with E-state index in [1.165, 1.54) is 0 Å². The van der Waals surface area contributed by atoms with Crippen molar-refractivity contribution < 1.29 is 15.0 Å². The number of nitrogen functional groups attached to an aromatic ring is 1. The van der Waals surface area contributed by atoms with Crippen LogP contribution < -0.4 is 11.5 Å². The number of rotatable bonds is 3. The normalized spacial score (nSPS) is 15.1. The second kappa shape index (κ2) is 3.91. The zero-order chi connectivity index (χ0) is 10.9. The number of thiazole rings is 1. The molecule has 1 aromatic rings. The summed E-state index contributed by atoms with van der Waals surface area (Å²) in [6.07, 6.45) is -2.99. The maximum Gasteiger partial charge on any atom is 0.249 e. The van der Waals surface area contributed by atoms with E-state index in [0.29, 0.717) is 10.6 Å². The Balaban J connectivity index is 2.94. The maximum atomic E-state index is 10.6. The molecule has 0 saturated carbocycles. The van der Waals surface area contributed by atoms with Gasteiger partial charge in [-0.25, -0.2) is 4.98 Å². The predicted molar refractivity (Wildman–Crippen MR) is 51.4 cm³/mol. The van der Waals surface area contributed by atoms with E-state index in [0.717, 1.165) is 11.3 Å². The van der Waals surface area contributed by atoms with E-state index in [1.807, 2.05) is 0 Å². The molecule has 2 atom stereocenters. The van der Waals surface area contributed by atoms with Crippen molar-refractivity contribution in [2.24, 2.45) is 5.73 Å². The number of primary amides is 1. The van der Waals surface area contributed by atoms with E-state index in [9.17, 15) is 15.0 Å². The monoisotopic (exact) mass is 217 g/mol. The van der Waals surface area contributed by atoms with Crippen molar-refractivity contribution >= 4 is 22.4 Å². The lowest BCUT2D eigenvalue weighted by atomic mass is 10.1. The fourth-order valence-corrected chi connectivity index (χ4v) is 1.85. The van der Waals surface area contributed by atoms with E-state index in [1.54, 1.807) is 6.92 Å². The molecule has 0 spiro atoms. The molecule has 0 saturated heterocycles. The Morgan fingerprint density at radius 2 is 2.14 bits per heavy atom. The van der Waals surface area contributed by atoms with Gasteiger partial charge in [-0.15, -0.1) is 0 Å². The first-order valence-electron chi connectivity index (χ1n) is 3.81. The number of nitrogens with zero attached hydrogens (tertiary/aromatic N) is 1. The van der Waals surface area contributed by atoms with E-state index in [4.69, 9.17) is 11.5 Å². The van der Waals surface area contributed by atoms with Gasteiger partial charge in [-0.1, -0.05) is 11.3 Å². The van der Waals surface area contributed by atoms with Gasteiger partial charge in [0.2, 0.25) is 5.91 Å². The van der Waals surface area contributed by atoms with Crippen molar-refractivity contribution in [3.8, 4) is 0 Å². The summed E-state index contributed by atoms with van der Waals surface area (Å²) in [5, 5.41) is 19.0. The third-order valence-corrected chi connectivity index (χ3v) is 2.77. The predicted octanol–water partition coefficient (Wildman–Crippen LogP) is -1.09. The lowest BCUT2D eigenvalue weighted by Gasteiger charge is -2.13. The molecule has 0 fully saturated rings. The Morgan fingerprint density at radius 1 is 1.57 bits per heavy atom. The summed E-state index contributed by atoms with van der Waals surface area (Å²) >= 11 is 1.02. The molecule has 7 heteroatoms. The zero-order valence-electron chi connectivity index (χ0n) is 7.47. The largest absolute Gasteiger partial charge is 0.384 e. The number of hydrogen-bond donors (Lipinski definition) is 4. The smallest absolute Gasteiger partial charge is 0.249 e. The van der Waals surface area contributed by atoms with Crippen molar-refractivity contribution in [3.05, 3.63) is 10.6 Å². The molecule has 1 heterocycles. The van der Waals surface area contributed by atoms with Gasteiger partial charge >= 0.3 is 0 Å². The van der Waals surface area contributed by atoms with Crippen LogP contribution in [0.15, 0.2) is 0 Å². The first kappa shape index (κ1) is 10.9. The molecule has 2 unspecified atom stereocenters. The number of aryl methyl sites for hydroxylation is 1. The van der Waals surface area contributed by atoms with Gasteiger partial charge in [0.05, 0.1) is 10.6 Å². The minimum atomic E-state index is -1.63. The number of aliphatic hydroxyl groups is 2. The number of amides is 1. The lowest BCUT2D eigenvalue weighted by molar-refractivity contribution is -0.131. The molecular weight excluding hydrogens is 206 g/mol. The highest BCUT2D eigenvalue weighted by Crippen LogP contribution is 2.28. The molecule has 0 aliphatic heterocycles. The minimum absolute atomic E-state index is 0.272. The molecule has 1 aromatic heterocycles. The molecule has 0 radical (unpaired) electrons. The summed E-state index contributed by atoms with van der Waals surface area (Å²) in [5.74, 6) is -0.983. The maximum absolute atomic E-state index is 10.6. The van der Waals surface area contributed by atoms with Crippen molar-refractivity contribution in [2.75, 3.05) is 5.73 Å². The van der Waals surface area contributed by atoms with Crippen LogP contribution in [-0.4, -0.2) is 27.2 Å². The first-order chi connectivity index (χ1) is 6.43. The van der Waals surface area contributed by atoms with Crippen molar-refractivity contribution in [2.45, 2.75) is 19.1 Å². The van der Waals surface area contributed by atoms with Crippen LogP contribution in [-0.2, 0) is 4.79 Å². The summed E-state index contributed by atoms with van der Waals surface area (Å²) < 4.78 is 0. The van der Waals surface area contributed by atoms with Crippen LogP contribution >= 0.6 is 11.3 Å². The average Bonchev–Trinajstić information content (AvgIpc) is 2.42. The van der Waals surface area contributed by atoms with Gasteiger partial charge in [-0.3, -0.25) is 4.79 Å². The van der Waals surface area contributed by atoms with Crippen LogP contribution in [0.2, 0.25) is 0 Å². The van der Waals surface area contributed by atoms with Crippen LogP contribution in [0.1, 0.15) is 16.7 Å². The van der Waals surface area contributed by atoms with Gasteiger partial charge in [0, 0.05) is 0 Å². The van der Waals surface area contributed by atoms with Gasteiger partial charge in [-0.05, 0) is 6.92 Å². The van der Waals surface area contributed by atoms with Crippen molar-refractivity contribution in [1.82, 2.24) is 4.98 Å². The Bertz CT molecular complexity index is 352. The molecule has 78 valence electrons. The molecule has 14 heavy (non-hydrogen) atoms. The molecule has 0 aliphatic carbocycles. The number of hydrogen-bond acceptors (Lipinski definition) is 6. The molecule has 0 aliphatic rings. The van der Waals surface area contributed by atoms with Crippen molar-refractivity contribution in [1.29, 1.82) is 0 Å². The van der Waals surface area contributed by atoms with E-state index in [-0.39, 0.29) is 5.13 Å². The number of carbonyl (C=O) groups excluding carboxylic acids is 1. The summed E-state index contributed by atoms with van der Waals surface area (Å²) in [6.45, 7) is 1.62. The van der Waals surface area contributed by atoms with Gasteiger partial charge in [-0.2, -0.15) is 0 Å². The van der Waals surface area contributed by atoms with Gasteiger partial charge < -0.3 is 21.7 Å². The van der Waals surface area contributed by atoms with Gasteiger partial charge in [0.25, 0.3) is 0 Å². The van der Waals surface area contributed by atoms with Crippen LogP contribution in [0.4, 0.5) is 5.13 Å². The number of carbonyl (C=O) groups is 1. The standard InChI is InChI=1S/C7H11N3O3S/c1-2-5(14-7(9)10-2)3(11)4(12)6(8)13/h3-4,11-12H,1H3,(H2,8,13)(H2,9,10). The van der Waals surface area contributed by atoms with E-state index < -0.39 is 18.1 Å². The summed E-state index contributed by atoms with van der Waals surface area (Å²) in [7, 11) is 0. The van der Waals surface area contributed by atoms with Crippen LogP contribution in [0.3, 0.4) is 0 Å².